The summed E-state index contributed by atoms with van der Waals surface area (Å²) in [6.07, 6.45) is -1.15. The fourth-order valence-electron chi connectivity index (χ4n) is 2.61. The minimum Gasteiger partial charge on any atom is -0.336 e. The number of aromatic nitrogens is 5. The van der Waals surface area contributed by atoms with Crippen LogP contribution in [0.4, 0.5) is 13.2 Å². The third-order valence-corrected chi connectivity index (χ3v) is 3.84. The number of rotatable bonds is 4. The van der Waals surface area contributed by atoms with Crippen molar-refractivity contribution in [2.45, 2.75) is 33.1 Å². The molecule has 138 valence electrons. The third-order valence-electron chi connectivity index (χ3n) is 3.84. The van der Waals surface area contributed by atoms with E-state index in [1.807, 2.05) is 6.92 Å². The largest absolute Gasteiger partial charge is 0.433 e. The predicted octanol–water partition coefficient (Wildman–Crippen LogP) is 2.55. The van der Waals surface area contributed by atoms with Gasteiger partial charge >= 0.3 is 6.18 Å². The van der Waals surface area contributed by atoms with E-state index in [-0.39, 0.29) is 23.6 Å². The van der Waals surface area contributed by atoms with E-state index in [0.717, 1.165) is 11.6 Å². The van der Waals surface area contributed by atoms with Gasteiger partial charge in [-0.3, -0.25) is 9.48 Å². The highest BCUT2D eigenvalue weighted by Crippen LogP contribution is 2.30. The molecule has 3 aromatic rings. The van der Waals surface area contributed by atoms with Gasteiger partial charge in [0, 0.05) is 43.7 Å². The molecular formula is C16H17F3N6O. The van der Waals surface area contributed by atoms with Crippen LogP contribution in [0.15, 0.2) is 24.5 Å². The first-order valence-electron chi connectivity index (χ1n) is 7.90. The molecule has 0 aromatic carbocycles. The van der Waals surface area contributed by atoms with Gasteiger partial charge in [0.1, 0.15) is 5.69 Å². The van der Waals surface area contributed by atoms with E-state index >= 15 is 0 Å². The highest BCUT2D eigenvalue weighted by Gasteiger charge is 2.35. The fourth-order valence-corrected chi connectivity index (χ4v) is 2.61. The number of carbonyl (C=O) groups is 1. The summed E-state index contributed by atoms with van der Waals surface area (Å²) in [6, 6.07) is 2.16. The first-order valence-corrected chi connectivity index (χ1v) is 7.90. The van der Waals surface area contributed by atoms with E-state index < -0.39 is 17.8 Å². The van der Waals surface area contributed by atoms with Gasteiger partial charge in [-0.1, -0.05) is 0 Å². The molecule has 0 spiro atoms. The highest BCUT2D eigenvalue weighted by atomic mass is 19.4. The Morgan fingerprint density at radius 3 is 2.65 bits per heavy atom. The van der Waals surface area contributed by atoms with Gasteiger partial charge < -0.3 is 4.90 Å². The molecule has 0 unspecified atom stereocenters. The molecule has 1 amide bonds. The summed E-state index contributed by atoms with van der Waals surface area (Å²) in [4.78, 5) is 18.0. The quantitative estimate of drug-likeness (QED) is 0.712. The SMILES string of the molecule is CCn1cc(CN(C)C(=O)c2cc3nc(C)cc(C(F)(F)F)n3n2)cn1. The smallest absolute Gasteiger partial charge is 0.336 e. The van der Waals surface area contributed by atoms with E-state index in [1.54, 1.807) is 24.1 Å². The van der Waals surface area contributed by atoms with Crippen LogP contribution < -0.4 is 0 Å². The Balaban J connectivity index is 1.90. The second-order valence-electron chi connectivity index (χ2n) is 5.95. The second kappa shape index (κ2) is 6.43. The van der Waals surface area contributed by atoms with Crippen LogP contribution in [0.5, 0.6) is 0 Å². The minimum atomic E-state index is -4.60. The summed E-state index contributed by atoms with van der Waals surface area (Å²) in [5.41, 5.74) is -0.0711. The van der Waals surface area contributed by atoms with Crippen LogP contribution in [0.25, 0.3) is 5.65 Å². The van der Waals surface area contributed by atoms with Crippen LogP contribution in [0.3, 0.4) is 0 Å². The fraction of sp³-hybridized carbons (Fsp3) is 0.375. The number of carbonyl (C=O) groups excluding carboxylic acids is 1. The molecule has 0 bridgehead atoms. The molecule has 3 aromatic heterocycles. The van der Waals surface area contributed by atoms with Gasteiger partial charge in [-0.15, -0.1) is 0 Å². The number of amides is 1. The Hall–Kier alpha value is -2.91. The molecule has 10 heteroatoms. The van der Waals surface area contributed by atoms with Crippen molar-refractivity contribution < 1.29 is 18.0 Å². The zero-order valence-corrected chi connectivity index (χ0v) is 14.4. The summed E-state index contributed by atoms with van der Waals surface area (Å²) in [5, 5.41) is 7.95. The van der Waals surface area contributed by atoms with Crippen LogP contribution in [-0.2, 0) is 19.3 Å². The topological polar surface area (TPSA) is 68.3 Å². The molecule has 3 rings (SSSR count). The van der Waals surface area contributed by atoms with Crippen molar-refractivity contribution in [1.82, 2.24) is 29.3 Å². The molecule has 3 heterocycles. The molecule has 0 atom stereocenters. The van der Waals surface area contributed by atoms with Crippen molar-refractivity contribution in [2.24, 2.45) is 0 Å². The molecule has 0 N–H and O–H groups in total. The Morgan fingerprint density at radius 1 is 1.31 bits per heavy atom. The maximum atomic E-state index is 13.2. The summed E-state index contributed by atoms with van der Waals surface area (Å²) < 4.78 is 42.0. The Labute approximate surface area is 147 Å². The molecule has 0 radical (unpaired) electrons. The van der Waals surface area contributed by atoms with Crippen molar-refractivity contribution >= 4 is 11.6 Å². The zero-order chi connectivity index (χ0) is 19.1. The Morgan fingerprint density at radius 2 is 2.04 bits per heavy atom. The number of aryl methyl sites for hydroxylation is 2. The molecule has 0 aliphatic carbocycles. The molecular weight excluding hydrogens is 349 g/mol. The van der Waals surface area contributed by atoms with Gasteiger partial charge in [0.15, 0.2) is 11.3 Å². The zero-order valence-electron chi connectivity index (χ0n) is 14.4. The number of nitrogens with zero attached hydrogens (tertiary/aromatic N) is 6. The van der Waals surface area contributed by atoms with Gasteiger partial charge in [0.25, 0.3) is 5.91 Å². The van der Waals surface area contributed by atoms with Gasteiger partial charge in [-0.05, 0) is 19.9 Å². The van der Waals surface area contributed by atoms with E-state index in [1.165, 1.54) is 17.9 Å². The van der Waals surface area contributed by atoms with Crippen molar-refractivity contribution in [3.8, 4) is 0 Å². The maximum Gasteiger partial charge on any atom is 0.433 e. The first-order chi connectivity index (χ1) is 12.2. The lowest BCUT2D eigenvalue weighted by atomic mass is 10.3. The van der Waals surface area contributed by atoms with Crippen LogP contribution >= 0.6 is 0 Å². The number of alkyl halides is 3. The van der Waals surface area contributed by atoms with E-state index in [9.17, 15) is 18.0 Å². The average Bonchev–Trinajstić information content (AvgIpc) is 3.18. The molecule has 7 nitrogen and oxygen atoms in total. The van der Waals surface area contributed by atoms with Crippen molar-refractivity contribution in [3.05, 3.63) is 47.2 Å². The van der Waals surface area contributed by atoms with Crippen molar-refractivity contribution in [2.75, 3.05) is 7.05 Å². The molecule has 26 heavy (non-hydrogen) atoms. The van der Waals surface area contributed by atoms with Gasteiger partial charge in [-0.25, -0.2) is 9.50 Å². The standard InChI is InChI=1S/C16H17F3N6O/c1-4-24-9-11(7-20-24)8-23(3)15(26)12-6-14-21-10(2)5-13(16(17,18)19)25(14)22-12/h5-7,9H,4,8H2,1-3H3. The van der Waals surface area contributed by atoms with E-state index in [2.05, 4.69) is 15.2 Å². The maximum absolute atomic E-state index is 13.2. The second-order valence-corrected chi connectivity index (χ2v) is 5.95. The van der Waals surface area contributed by atoms with Crippen molar-refractivity contribution in [3.63, 3.8) is 0 Å². The molecule has 0 fully saturated rings. The van der Waals surface area contributed by atoms with Crippen molar-refractivity contribution in [1.29, 1.82) is 0 Å². The predicted molar refractivity (Wildman–Crippen MR) is 86.4 cm³/mol. The van der Waals surface area contributed by atoms with Crippen LogP contribution in [-0.4, -0.2) is 42.2 Å². The number of hydrogen-bond donors (Lipinski definition) is 0. The summed E-state index contributed by atoms with van der Waals surface area (Å²) in [6.45, 7) is 4.37. The van der Waals surface area contributed by atoms with Gasteiger partial charge in [-0.2, -0.15) is 23.4 Å². The Bertz CT molecular complexity index is 959. The van der Waals surface area contributed by atoms with E-state index in [0.29, 0.717) is 11.1 Å². The van der Waals surface area contributed by atoms with Crippen LogP contribution in [0.1, 0.15) is 34.4 Å². The first kappa shape index (κ1) is 17.9. The minimum absolute atomic E-state index is 0.0205. The lowest BCUT2D eigenvalue weighted by Gasteiger charge is -2.14. The van der Waals surface area contributed by atoms with Gasteiger partial charge in [0.2, 0.25) is 0 Å². The summed E-state index contributed by atoms with van der Waals surface area (Å²) in [5.74, 6) is -0.495. The lowest BCUT2D eigenvalue weighted by molar-refractivity contribution is -0.142. The average molecular weight is 366 g/mol. The normalized spacial score (nSPS) is 11.9. The number of hydrogen-bond acceptors (Lipinski definition) is 4. The van der Waals surface area contributed by atoms with E-state index in [4.69, 9.17) is 0 Å². The molecule has 0 aliphatic rings. The third kappa shape index (κ3) is 3.39. The lowest BCUT2D eigenvalue weighted by Crippen LogP contribution is -2.26. The monoisotopic (exact) mass is 366 g/mol. The molecule has 0 saturated carbocycles. The summed E-state index contributed by atoms with van der Waals surface area (Å²) >= 11 is 0. The molecule has 0 aliphatic heterocycles. The molecule has 0 saturated heterocycles. The van der Waals surface area contributed by atoms with Gasteiger partial charge in [0.05, 0.1) is 6.20 Å². The van der Waals surface area contributed by atoms with Crippen LogP contribution in [0, 0.1) is 6.92 Å². The number of fused-ring (bicyclic) bond motifs is 1. The Kier molecular flexibility index (Phi) is 4.43. The highest BCUT2D eigenvalue weighted by molar-refractivity contribution is 5.93. The summed E-state index contributed by atoms with van der Waals surface area (Å²) in [7, 11) is 1.55. The van der Waals surface area contributed by atoms with Crippen LogP contribution in [0.2, 0.25) is 0 Å². The number of halogens is 3.